The Kier molecular flexibility index (Phi) is 6.68. The van der Waals surface area contributed by atoms with Crippen molar-refractivity contribution in [1.29, 1.82) is 0 Å². The van der Waals surface area contributed by atoms with Gasteiger partial charge in [-0.25, -0.2) is 12.8 Å². The SMILES string of the molecule is C[C@H](NS(=O)(=O)c1ccccc1F)C(=O)O[C@H](C)C(=O)N1CCOCC1. The van der Waals surface area contributed by atoms with Crippen LogP contribution in [-0.2, 0) is 29.1 Å². The highest BCUT2D eigenvalue weighted by Crippen LogP contribution is 2.14. The molecule has 1 aromatic rings. The molecule has 1 saturated heterocycles. The second kappa shape index (κ2) is 8.56. The number of amides is 1. The third-order valence-electron chi connectivity index (χ3n) is 3.78. The number of nitrogens with zero attached hydrogens (tertiary/aromatic N) is 1. The Balaban J connectivity index is 1.96. The zero-order chi connectivity index (χ0) is 19.3. The second-order valence-electron chi connectivity index (χ2n) is 5.79. The van der Waals surface area contributed by atoms with Gasteiger partial charge in [-0.1, -0.05) is 12.1 Å². The molecule has 2 atom stereocenters. The van der Waals surface area contributed by atoms with E-state index in [-0.39, 0.29) is 5.91 Å². The molecule has 26 heavy (non-hydrogen) atoms. The summed E-state index contributed by atoms with van der Waals surface area (Å²) in [4.78, 5) is 25.2. The molecule has 0 unspecified atom stereocenters. The number of morpholine rings is 1. The molecule has 2 rings (SSSR count). The summed E-state index contributed by atoms with van der Waals surface area (Å²) in [6, 6.07) is 3.51. The van der Waals surface area contributed by atoms with E-state index in [1.807, 2.05) is 4.72 Å². The highest BCUT2D eigenvalue weighted by molar-refractivity contribution is 7.89. The van der Waals surface area contributed by atoms with Crippen LogP contribution in [0.4, 0.5) is 4.39 Å². The molecule has 1 heterocycles. The first kappa shape index (κ1) is 20.3. The van der Waals surface area contributed by atoms with E-state index in [4.69, 9.17) is 9.47 Å². The van der Waals surface area contributed by atoms with Gasteiger partial charge in [0.05, 0.1) is 13.2 Å². The van der Waals surface area contributed by atoms with Crippen molar-refractivity contribution in [2.45, 2.75) is 30.9 Å². The average molecular weight is 388 g/mol. The summed E-state index contributed by atoms with van der Waals surface area (Å²) < 4.78 is 50.3. The van der Waals surface area contributed by atoms with Crippen molar-refractivity contribution in [1.82, 2.24) is 9.62 Å². The summed E-state index contributed by atoms with van der Waals surface area (Å²) in [5.41, 5.74) is 0. The van der Waals surface area contributed by atoms with Gasteiger partial charge in [0.15, 0.2) is 6.10 Å². The highest BCUT2D eigenvalue weighted by Gasteiger charge is 2.29. The van der Waals surface area contributed by atoms with Crippen LogP contribution >= 0.6 is 0 Å². The molecule has 1 aliphatic rings. The van der Waals surface area contributed by atoms with E-state index in [2.05, 4.69) is 0 Å². The summed E-state index contributed by atoms with van der Waals surface area (Å²) in [6.45, 7) is 4.28. The second-order valence-corrected chi connectivity index (χ2v) is 7.47. The number of halogens is 1. The van der Waals surface area contributed by atoms with Crippen LogP contribution in [0.2, 0.25) is 0 Å². The summed E-state index contributed by atoms with van der Waals surface area (Å²) in [5, 5.41) is 0. The number of rotatable bonds is 6. The lowest BCUT2D eigenvalue weighted by Gasteiger charge is -2.29. The van der Waals surface area contributed by atoms with Gasteiger partial charge in [-0.2, -0.15) is 4.72 Å². The van der Waals surface area contributed by atoms with E-state index in [1.165, 1.54) is 30.9 Å². The standard InChI is InChI=1S/C16H21FN2O6S/c1-11(18-26(22,23)14-6-4-3-5-13(14)17)16(21)25-12(2)15(20)19-7-9-24-10-8-19/h3-6,11-12,18H,7-10H2,1-2H3/t11-,12+/m0/s1. The van der Waals surface area contributed by atoms with Crippen LogP contribution in [0.25, 0.3) is 0 Å². The van der Waals surface area contributed by atoms with Crippen molar-refractivity contribution in [2.75, 3.05) is 26.3 Å². The fourth-order valence-corrected chi connectivity index (χ4v) is 3.65. The van der Waals surface area contributed by atoms with Crippen LogP contribution < -0.4 is 4.72 Å². The summed E-state index contributed by atoms with van der Waals surface area (Å²) in [7, 11) is -4.25. The van der Waals surface area contributed by atoms with Crippen LogP contribution in [-0.4, -0.2) is 63.6 Å². The van der Waals surface area contributed by atoms with Crippen LogP contribution in [0.1, 0.15) is 13.8 Å². The number of esters is 1. The smallest absolute Gasteiger partial charge is 0.324 e. The van der Waals surface area contributed by atoms with Gasteiger partial charge in [0, 0.05) is 13.1 Å². The van der Waals surface area contributed by atoms with Gasteiger partial charge in [-0.3, -0.25) is 9.59 Å². The first-order valence-corrected chi connectivity index (χ1v) is 9.54. The molecular formula is C16H21FN2O6S. The molecule has 10 heteroatoms. The first-order valence-electron chi connectivity index (χ1n) is 8.06. The molecule has 1 aromatic carbocycles. The van der Waals surface area contributed by atoms with E-state index in [9.17, 15) is 22.4 Å². The lowest BCUT2D eigenvalue weighted by atomic mass is 10.3. The minimum atomic E-state index is -4.25. The largest absolute Gasteiger partial charge is 0.451 e. The van der Waals surface area contributed by atoms with E-state index >= 15 is 0 Å². The Morgan fingerprint density at radius 1 is 1.23 bits per heavy atom. The zero-order valence-electron chi connectivity index (χ0n) is 14.5. The fraction of sp³-hybridized carbons (Fsp3) is 0.500. The number of carbonyl (C=O) groups excluding carboxylic acids is 2. The van der Waals surface area contributed by atoms with E-state index in [1.54, 1.807) is 0 Å². The molecule has 1 amide bonds. The number of benzene rings is 1. The van der Waals surface area contributed by atoms with E-state index in [0.29, 0.717) is 26.3 Å². The predicted molar refractivity (Wildman–Crippen MR) is 89.1 cm³/mol. The van der Waals surface area contributed by atoms with Gasteiger partial charge in [0.25, 0.3) is 5.91 Å². The zero-order valence-corrected chi connectivity index (χ0v) is 15.3. The molecule has 0 saturated carbocycles. The van der Waals surface area contributed by atoms with Crippen LogP contribution in [0.5, 0.6) is 0 Å². The number of nitrogens with one attached hydrogen (secondary N) is 1. The van der Waals surface area contributed by atoms with Crippen molar-refractivity contribution in [3.63, 3.8) is 0 Å². The van der Waals surface area contributed by atoms with Gasteiger partial charge in [0.2, 0.25) is 10.0 Å². The third kappa shape index (κ3) is 4.99. The highest BCUT2D eigenvalue weighted by atomic mass is 32.2. The number of hydrogen-bond acceptors (Lipinski definition) is 6. The lowest BCUT2D eigenvalue weighted by molar-refractivity contribution is -0.161. The summed E-state index contributed by atoms with van der Waals surface area (Å²) in [6.07, 6.45) is -1.07. The minimum absolute atomic E-state index is 0.384. The molecule has 144 valence electrons. The van der Waals surface area contributed by atoms with Crippen molar-refractivity contribution >= 4 is 21.9 Å². The topological polar surface area (TPSA) is 102 Å². The Morgan fingerprint density at radius 2 is 1.85 bits per heavy atom. The number of ether oxygens (including phenoxy) is 2. The van der Waals surface area contributed by atoms with Crippen LogP contribution in [0.15, 0.2) is 29.2 Å². The predicted octanol–water partition coefficient (Wildman–Crippen LogP) is 0.283. The minimum Gasteiger partial charge on any atom is -0.451 e. The average Bonchev–Trinajstić information content (AvgIpc) is 2.61. The molecule has 0 spiro atoms. The third-order valence-corrected chi connectivity index (χ3v) is 5.35. The van der Waals surface area contributed by atoms with Crippen molar-refractivity contribution in [3.05, 3.63) is 30.1 Å². The monoisotopic (exact) mass is 388 g/mol. The van der Waals surface area contributed by atoms with Gasteiger partial charge in [-0.15, -0.1) is 0 Å². The first-order chi connectivity index (χ1) is 12.2. The van der Waals surface area contributed by atoms with Gasteiger partial charge in [-0.05, 0) is 26.0 Å². The van der Waals surface area contributed by atoms with E-state index in [0.717, 1.165) is 12.1 Å². The van der Waals surface area contributed by atoms with Crippen molar-refractivity contribution in [3.8, 4) is 0 Å². The maximum Gasteiger partial charge on any atom is 0.324 e. The van der Waals surface area contributed by atoms with Gasteiger partial charge < -0.3 is 14.4 Å². The Hall–Kier alpha value is -2.04. The lowest BCUT2D eigenvalue weighted by Crippen LogP contribution is -2.48. The summed E-state index contributed by atoms with van der Waals surface area (Å²) in [5.74, 6) is -2.25. The quantitative estimate of drug-likeness (QED) is 0.703. The molecule has 1 aliphatic heterocycles. The Labute approximate surface area is 151 Å². The molecule has 0 aromatic heterocycles. The number of carbonyl (C=O) groups is 2. The fourth-order valence-electron chi connectivity index (χ4n) is 2.37. The summed E-state index contributed by atoms with van der Waals surface area (Å²) >= 11 is 0. The van der Waals surface area contributed by atoms with Crippen LogP contribution in [0, 0.1) is 5.82 Å². The van der Waals surface area contributed by atoms with Crippen molar-refractivity contribution in [2.24, 2.45) is 0 Å². The molecule has 8 nitrogen and oxygen atoms in total. The van der Waals surface area contributed by atoms with Crippen LogP contribution in [0.3, 0.4) is 0 Å². The molecule has 1 N–H and O–H groups in total. The Bertz CT molecular complexity index is 764. The normalized spacial score (nSPS) is 17.4. The van der Waals surface area contributed by atoms with E-state index < -0.39 is 38.9 Å². The van der Waals surface area contributed by atoms with Gasteiger partial charge >= 0.3 is 5.97 Å². The molecule has 1 fully saturated rings. The maximum absolute atomic E-state index is 13.7. The Morgan fingerprint density at radius 3 is 2.46 bits per heavy atom. The number of hydrogen-bond donors (Lipinski definition) is 1. The molecule has 0 bridgehead atoms. The van der Waals surface area contributed by atoms with Crippen molar-refractivity contribution < 1.29 is 31.9 Å². The molecule has 0 radical (unpaired) electrons. The number of sulfonamides is 1. The molecule has 0 aliphatic carbocycles. The molecular weight excluding hydrogens is 367 g/mol. The maximum atomic E-state index is 13.7. The van der Waals surface area contributed by atoms with Gasteiger partial charge in [0.1, 0.15) is 16.8 Å².